The van der Waals surface area contributed by atoms with Gasteiger partial charge in [-0.05, 0) is 12.1 Å². The molecule has 0 unspecified atom stereocenters. The van der Waals surface area contributed by atoms with E-state index in [-0.39, 0.29) is 17.3 Å². The number of non-ortho nitro benzene ring substituents is 1. The molecule has 1 atom stereocenters. The largest absolute Gasteiger partial charge is 0.446 e. The molecule has 0 saturated carbocycles. The third-order valence-electron chi connectivity index (χ3n) is 3.70. The highest BCUT2D eigenvalue weighted by Crippen LogP contribution is 2.33. The van der Waals surface area contributed by atoms with Gasteiger partial charge in [-0.2, -0.15) is 5.01 Å². The minimum absolute atomic E-state index is 0.0681. The van der Waals surface area contributed by atoms with Gasteiger partial charge in [-0.15, -0.1) is 5.10 Å². The number of nitro benzene ring substituents is 1. The van der Waals surface area contributed by atoms with Crippen molar-refractivity contribution in [2.45, 2.75) is 20.1 Å². The normalized spacial score (nSPS) is 15.7. The maximum atomic E-state index is 12.0. The van der Waals surface area contributed by atoms with Gasteiger partial charge in [0.05, 0.1) is 10.5 Å². The second kappa shape index (κ2) is 7.24. The Kier molecular flexibility index (Phi) is 4.84. The van der Waals surface area contributed by atoms with E-state index in [9.17, 15) is 19.7 Å². The Hall–Kier alpha value is -3.75. The Bertz CT molecular complexity index is 956. The fraction of sp³-hybridized carbons (Fsp3) is 0.167. The van der Waals surface area contributed by atoms with Gasteiger partial charge in [0.1, 0.15) is 5.75 Å². The molecule has 1 heterocycles. The number of para-hydroxylation sites is 1. The average molecular weight is 369 g/mol. The van der Waals surface area contributed by atoms with Gasteiger partial charge < -0.3 is 9.47 Å². The lowest BCUT2D eigenvalue weighted by Gasteiger charge is -2.19. The molecule has 27 heavy (non-hydrogen) atoms. The number of nitro groups is 1. The van der Waals surface area contributed by atoms with E-state index < -0.39 is 23.0 Å². The van der Waals surface area contributed by atoms with E-state index in [0.29, 0.717) is 11.1 Å². The zero-order valence-corrected chi connectivity index (χ0v) is 14.5. The Morgan fingerprint density at radius 3 is 2.59 bits per heavy atom. The van der Waals surface area contributed by atoms with Gasteiger partial charge >= 0.3 is 5.97 Å². The molecule has 9 nitrogen and oxygen atoms in total. The molecule has 138 valence electrons. The fourth-order valence-electron chi connectivity index (χ4n) is 2.57. The third kappa shape index (κ3) is 3.76. The summed E-state index contributed by atoms with van der Waals surface area (Å²) in [5, 5.41) is 16.3. The maximum Gasteiger partial charge on any atom is 0.308 e. The number of nitrogens with zero attached hydrogens (tertiary/aromatic N) is 3. The van der Waals surface area contributed by atoms with E-state index in [1.54, 1.807) is 30.3 Å². The number of rotatable bonds is 4. The molecule has 0 saturated heterocycles. The van der Waals surface area contributed by atoms with Crippen molar-refractivity contribution in [3.05, 3.63) is 69.8 Å². The van der Waals surface area contributed by atoms with Gasteiger partial charge in [-0.25, -0.2) is 0 Å². The van der Waals surface area contributed by atoms with Crippen molar-refractivity contribution >= 4 is 23.5 Å². The molecule has 3 rings (SSSR count). The second-order valence-corrected chi connectivity index (χ2v) is 5.68. The van der Waals surface area contributed by atoms with Gasteiger partial charge in [0, 0.05) is 31.5 Å². The highest BCUT2D eigenvalue weighted by molar-refractivity contribution is 5.99. The van der Waals surface area contributed by atoms with Crippen LogP contribution >= 0.6 is 0 Å². The molecule has 0 N–H and O–H groups in total. The molecule has 0 fully saturated rings. The van der Waals surface area contributed by atoms with E-state index in [1.807, 2.05) is 0 Å². The summed E-state index contributed by atoms with van der Waals surface area (Å²) >= 11 is 0. The number of ether oxygens (including phenoxy) is 2. The van der Waals surface area contributed by atoms with E-state index in [1.165, 1.54) is 32.0 Å². The van der Waals surface area contributed by atoms with Crippen LogP contribution in [0.5, 0.6) is 5.75 Å². The highest BCUT2D eigenvalue weighted by atomic mass is 16.6. The zero-order valence-electron chi connectivity index (χ0n) is 14.5. The summed E-state index contributed by atoms with van der Waals surface area (Å²) in [4.78, 5) is 33.8. The molecule has 0 aliphatic carbocycles. The Balaban J connectivity index is 1.99. The van der Waals surface area contributed by atoms with Crippen LogP contribution in [0.1, 0.15) is 31.2 Å². The number of hydrazone groups is 1. The van der Waals surface area contributed by atoms with Crippen molar-refractivity contribution in [3.8, 4) is 5.75 Å². The first kappa shape index (κ1) is 18.1. The van der Waals surface area contributed by atoms with Crippen molar-refractivity contribution in [2.75, 3.05) is 0 Å². The monoisotopic (exact) mass is 369 g/mol. The summed E-state index contributed by atoms with van der Waals surface area (Å²) in [6.45, 7) is 2.57. The zero-order chi connectivity index (χ0) is 19.6. The van der Waals surface area contributed by atoms with Gasteiger partial charge in [-0.3, -0.25) is 19.7 Å². The van der Waals surface area contributed by atoms with Crippen LogP contribution in [0.25, 0.3) is 0 Å². The predicted octanol–water partition coefficient (Wildman–Crippen LogP) is 2.76. The lowest BCUT2D eigenvalue weighted by atomic mass is 10.1. The van der Waals surface area contributed by atoms with Gasteiger partial charge in [0.25, 0.3) is 5.69 Å². The Labute approximate surface area is 154 Å². The van der Waals surface area contributed by atoms with Crippen LogP contribution in [0.15, 0.2) is 53.6 Å². The number of amides is 1. The molecule has 0 aromatic heterocycles. The first-order chi connectivity index (χ1) is 12.9. The second-order valence-electron chi connectivity index (χ2n) is 5.68. The molecule has 0 radical (unpaired) electrons. The summed E-state index contributed by atoms with van der Waals surface area (Å²) in [6, 6.07) is 12.3. The van der Waals surface area contributed by atoms with Gasteiger partial charge in [0.15, 0.2) is 0 Å². The summed E-state index contributed by atoms with van der Waals surface area (Å²) in [5.74, 6) is -0.628. The van der Waals surface area contributed by atoms with Crippen LogP contribution in [-0.4, -0.2) is 27.7 Å². The minimum Gasteiger partial charge on any atom is -0.446 e. The molecule has 1 aliphatic heterocycles. The van der Waals surface area contributed by atoms with Crippen LogP contribution in [0.4, 0.5) is 5.69 Å². The SMILES string of the molecule is CC(=O)Oc1ccccc1C1=NN(C(C)=O)[C@@H](c2cccc([N+](=O)[O-])c2)O1. The highest BCUT2D eigenvalue weighted by Gasteiger charge is 2.34. The van der Waals surface area contributed by atoms with Crippen LogP contribution in [0, 0.1) is 10.1 Å². The third-order valence-corrected chi connectivity index (χ3v) is 3.70. The number of hydrogen-bond donors (Lipinski definition) is 0. The Morgan fingerprint density at radius 2 is 1.93 bits per heavy atom. The quantitative estimate of drug-likeness (QED) is 0.355. The topological polar surface area (TPSA) is 111 Å². The molecule has 0 bridgehead atoms. The summed E-state index contributed by atoms with van der Waals surface area (Å²) < 4.78 is 11.0. The number of benzene rings is 2. The molecule has 1 aliphatic rings. The standard InChI is InChI=1S/C18H15N3O6/c1-11(22)20-18(13-6-5-7-14(10-13)21(24)25)27-17(19-20)15-8-3-4-9-16(15)26-12(2)23/h3-10,18H,1-2H3/t18-/m1/s1. The summed E-state index contributed by atoms with van der Waals surface area (Å²) in [7, 11) is 0. The van der Waals surface area contributed by atoms with Crippen LogP contribution in [-0.2, 0) is 14.3 Å². The fourth-order valence-corrected chi connectivity index (χ4v) is 2.57. The first-order valence-electron chi connectivity index (χ1n) is 7.94. The summed E-state index contributed by atoms with van der Waals surface area (Å²) in [5.41, 5.74) is 0.642. The van der Waals surface area contributed by atoms with Crippen molar-refractivity contribution in [3.63, 3.8) is 0 Å². The molecule has 2 aromatic carbocycles. The number of esters is 1. The molecule has 9 heteroatoms. The molecule has 0 spiro atoms. The summed E-state index contributed by atoms with van der Waals surface area (Å²) in [6.07, 6.45) is -0.970. The van der Waals surface area contributed by atoms with Crippen LogP contribution in [0.3, 0.4) is 0 Å². The minimum atomic E-state index is -0.970. The Morgan fingerprint density at radius 1 is 1.19 bits per heavy atom. The molecular formula is C18H15N3O6. The van der Waals surface area contributed by atoms with E-state index in [2.05, 4.69) is 5.10 Å². The predicted molar refractivity (Wildman–Crippen MR) is 93.7 cm³/mol. The number of carbonyl (C=O) groups is 2. The average Bonchev–Trinajstić information content (AvgIpc) is 3.07. The molecular weight excluding hydrogens is 354 g/mol. The van der Waals surface area contributed by atoms with Crippen LogP contribution in [0.2, 0.25) is 0 Å². The van der Waals surface area contributed by atoms with Crippen molar-refractivity contribution in [2.24, 2.45) is 5.10 Å². The lowest BCUT2D eigenvalue weighted by Crippen LogP contribution is -2.25. The van der Waals surface area contributed by atoms with Gasteiger partial charge in [0.2, 0.25) is 18.0 Å². The first-order valence-corrected chi connectivity index (χ1v) is 7.94. The smallest absolute Gasteiger partial charge is 0.308 e. The maximum absolute atomic E-state index is 12.0. The van der Waals surface area contributed by atoms with Crippen molar-refractivity contribution in [1.29, 1.82) is 0 Å². The van der Waals surface area contributed by atoms with E-state index in [0.717, 1.165) is 5.01 Å². The van der Waals surface area contributed by atoms with Crippen molar-refractivity contribution in [1.82, 2.24) is 5.01 Å². The molecule has 2 aromatic rings. The van der Waals surface area contributed by atoms with Crippen LogP contribution < -0.4 is 4.74 Å². The lowest BCUT2D eigenvalue weighted by molar-refractivity contribution is -0.385. The number of carbonyl (C=O) groups excluding carboxylic acids is 2. The van der Waals surface area contributed by atoms with E-state index in [4.69, 9.17) is 9.47 Å². The molecule has 1 amide bonds. The van der Waals surface area contributed by atoms with E-state index >= 15 is 0 Å². The van der Waals surface area contributed by atoms with Gasteiger partial charge in [-0.1, -0.05) is 24.3 Å². The van der Waals surface area contributed by atoms with Crippen molar-refractivity contribution < 1.29 is 24.0 Å². The number of hydrogen-bond acceptors (Lipinski definition) is 7.